The Balaban J connectivity index is 1.59. The highest BCUT2D eigenvalue weighted by Gasteiger charge is 2.30. The van der Waals surface area contributed by atoms with E-state index < -0.39 is 0 Å². The Morgan fingerprint density at radius 1 is 1.23 bits per heavy atom. The van der Waals surface area contributed by atoms with Gasteiger partial charge in [-0.05, 0) is 42.7 Å². The van der Waals surface area contributed by atoms with Crippen molar-refractivity contribution in [3.05, 3.63) is 59.9 Å². The molecule has 0 saturated carbocycles. The van der Waals surface area contributed by atoms with Gasteiger partial charge in [0.1, 0.15) is 6.04 Å². The van der Waals surface area contributed by atoms with Gasteiger partial charge in [0.05, 0.1) is 11.7 Å². The number of rotatable bonds is 4. The zero-order chi connectivity index (χ0) is 15.4. The number of hydrogen-bond acceptors (Lipinski definition) is 4. The zero-order valence-corrected chi connectivity index (χ0v) is 12.5. The van der Waals surface area contributed by atoms with E-state index in [-0.39, 0.29) is 18.0 Å². The van der Waals surface area contributed by atoms with E-state index in [4.69, 9.17) is 0 Å². The number of hydrazine groups is 1. The molecule has 2 aromatic rings. The van der Waals surface area contributed by atoms with Crippen molar-refractivity contribution in [1.29, 1.82) is 0 Å². The molecule has 1 aromatic carbocycles. The maximum atomic E-state index is 12.3. The average Bonchev–Trinajstić information content (AvgIpc) is 3.06. The monoisotopic (exact) mass is 296 g/mol. The van der Waals surface area contributed by atoms with Gasteiger partial charge in [-0.15, -0.1) is 0 Å². The molecule has 1 aromatic heterocycles. The highest BCUT2D eigenvalue weighted by Crippen LogP contribution is 2.21. The van der Waals surface area contributed by atoms with Crippen LogP contribution in [0.25, 0.3) is 0 Å². The summed E-state index contributed by atoms with van der Waals surface area (Å²) in [7, 11) is 0. The summed E-state index contributed by atoms with van der Waals surface area (Å²) in [6, 6.07) is 13.5. The summed E-state index contributed by atoms with van der Waals surface area (Å²) in [4.78, 5) is 16.6. The van der Waals surface area contributed by atoms with E-state index in [1.165, 1.54) is 5.56 Å². The van der Waals surface area contributed by atoms with Gasteiger partial charge in [0.25, 0.3) is 0 Å². The van der Waals surface area contributed by atoms with Crippen LogP contribution in [-0.4, -0.2) is 16.9 Å². The van der Waals surface area contributed by atoms with Crippen molar-refractivity contribution in [3.63, 3.8) is 0 Å². The van der Waals surface area contributed by atoms with Crippen LogP contribution in [0.3, 0.4) is 0 Å². The number of carbonyl (C=O) groups excluding carboxylic acids is 1. The fraction of sp³-hybridized carbons (Fsp3) is 0.294. The van der Waals surface area contributed by atoms with E-state index in [0.29, 0.717) is 6.42 Å². The van der Waals surface area contributed by atoms with Gasteiger partial charge in [0.2, 0.25) is 5.91 Å². The molecule has 5 heteroatoms. The number of benzene rings is 1. The van der Waals surface area contributed by atoms with Gasteiger partial charge < -0.3 is 5.32 Å². The Kier molecular flexibility index (Phi) is 4.46. The number of aryl methyl sites for hydroxylation is 1. The van der Waals surface area contributed by atoms with Gasteiger partial charge in [0.15, 0.2) is 0 Å². The highest BCUT2D eigenvalue weighted by molar-refractivity contribution is 5.95. The first-order chi connectivity index (χ1) is 10.8. The normalized spacial score (nSPS) is 20.8. The lowest BCUT2D eigenvalue weighted by atomic mass is 10.1. The molecule has 1 fully saturated rings. The molecule has 1 saturated heterocycles. The van der Waals surface area contributed by atoms with E-state index in [1.807, 2.05) is 42.5 Å². The molecule has 1 aliphatic heterocycles. The van der Waals surface area contributed by atoms with E-state index in [2.05, 4.69) is 28.1 Å². The quantitative estimate of drug-likeness (QED) is 0.809. The molecule has 3 N–H and O–H groups in total. The molecule has 0 aliphatic carbocycles. The molecule has 5 nitrogen and oxygen atoms in total. The number of hydrogen-bond donors (Lipinski definition) is 3. The third-order valence-corrected chi connectivity index (χ3v) is 3.89. The summed E-state index contributed by atoms with van der Waals surface area (Å²) in [5.74, 6) is -0.0322. The van der Waals surface area contributed by atoms with E-state index >= 15 is 0 Å². The van der Waals surface area contributed by atoms with Crippen LogP contribution in [0.2, 0.25) is 0 Å². The Morgan fingerprint density at radius 3 is 2.73 bits per heavy atom. The van der Waals surface area contributed by atoms with E-state index in [0.717, 1.165) is 17.8 Å². The molecule has 3 rings (SSSR count). The SMILES string of the molecule is CCc1ccc(NC(=O)C2CC(c3ccccn3)NN2)cc1. The molecule has 1 amide bonds. The number of pyridine rings is 1. The summed E-state index contributed by atoms with van der Waals surface area (Å²) in [6.45, 7) is 2.11. The van der Waals surface area contributed by atoms with Crippen molar-refractivity contribution in [2.45, 2.75) is 31.8 Å². The molecule has 114 valence electrons. The van der Waals surface area contributed by atoms with Gasteiger partial charge in [0, 0.05) is 11.9 Å². The summed E-state index contributed by atoms with van der Waals surface area (Å²) in [6.07, 6.45) is 3.43. The van der Waals surface area contributed by atoms with Gasteiger partial charge in [-0.3, -0.25) is 9.78 Å². The van der Waals surface area contributed by atoms with Crippen LogP contribution in [0.4, 0.5) is 5.69 Å². The lowest BCUT2D eigenvalue weighted by Gasteiger charge is -2.11. The predicted octanol–water partition coefficient (Wildman–Crippen LogP) is 2.19. The number of aromatic nitrogens is 1. The topological polar surface area (TPSA) is 66.0 Å². The standard InChI is InChI=1S/C17H20N4O/c1-2-12-6-8-13(9-7-12)19-17(22)16-11-15(20-21-16)14-5-3-4-10-18-14/h3-10,15-16,20-21H,2,11H2,1H3,(H,19,22). The third kappa shape index (κ3) is 3.32. The molecule has 2 heterocycles. The van der Waals surface area contributed by atoms with E-state index in [1.54, 1.807) is 6.20 Å². The maximum Gasteiger partial charge on any atom is 0.242 e. The van der Waals surface area contributed by atoms with Crippen LogP contribution in [0, 0.1) is 0 Å². The van der Waals surface area contributed by atoms with Crippen molar-refractivity contribution in [2.75, 3.05) is 5.32 Å². The van der Waals surface area contributed by atoms with Crippen molar-refractivity contribution in [3.8, 4) is 0 Å². The second-order valence-corrected chi connectivity index (χ2v) is 5.42. The number of nitrogens with zero attached hydrogens (tertiary/aromatic N) is 1. The molecule has 0 radical (unpaired) electrons. The molecule has 2 atom stereocenters. The van der Waals surface area contributed by atoms with Crippen LogP contribution in [0.15, 0.2) is 48.7 Å². The predicted molar refractivity (Wildman–Crippen MR) is 86.1 cm³/mol. The van der Waals surface area contributed by atoms with Crippen LogP contribution >= 0.6 is 0 Å². The molecule has 0 spiro atoms. The summed E-state index contributed by atoms with van der Waals surface area (Å²) in [5, 5.41) is 2.95. The van der Waals surface area contributed by atoms with Crippen molar-refractivity contribution in [2.24, 2.45) is 0 Å². The highest BCUT2D eigenvalue weighted by atomic mass is 16.2. The van der Waals surface area contributed by atoms with Gasteiger partial charge in [-0.25, -0.2) is 10.9 Å². The fourth-order valence-corrected chi connectivity index (χ4v) is 2.56. The van der Waals surface area contributed by atoms with Gasteiger partial charge in [-0.1, -0.05) is 25.1 Å². The molecule has 0 bridgehead atoms. The molecular formula is C17H20N4O. The second-order valence-electron chi connectivity index (χ2n) is 5.42. The average molecular weight is 296 g/mol. The molecular weight excluding hydrogens is 276 g/mol. The Hall–Kier alpha value is -2.24. The molecule has 22 heavy (non-hydrogen) atoms. The minimum Gasteiger partial charge on any atom is -0.325 e. The number of nitrogens with one attached hydrogen (secondary N) is 3. The van der Waals surface area contributed by atoms with Crippen LogP contribution in [-0.2, 0) is 11.2 Å². The minimum atomic E-state index is -0.266. The Bertz CT molecular complexity index is 627. The van der Waals surface area contributed by atoms with E-state index in [9.17, 15) is 4.79 Å². The lowest BCUT2D eigenvalue weighted by molar-refractivity contribution is -0.117. The van der Waals surface area contributed by atoms with Crippen LogP contribution < -0.4 is 16.2 Å². The number of amides is 1. The molecule has 1 aliphatic rings. The van der Waals surface area contributed by atoms with Gasteiger partial charge in [-0.2, -0.15) is 0 Å². The van der Waals surface area contributed by atoms with Crippen molar-refractivity contribution < 1.29 is 4.79 Å². The second kappa shape index (κ2) is 6.68. The Morgan fingerprint density at radius 2 is 2.05 bits per heavy atom. The van der Waals surface area contributed by atoms with Gasteiger partial charge >= 0.3 is 0 Å². The Labute approximate surface area is 130 Å². The van der Waals surface area contributed by atoms with Crippen molar-refractivity contribution >= 4 is 11.6 Å². The first-order valence-electron chi connectivity index (χ1n) is 7.58. The first-order valence-corrected chi connectivity index (χ1v) is 7.58. The van der Waals surface area contributed by atoms with Crippen molar-refractivity contribution in [1.82, 2.24) is 15.8 Å². The lowest BCUT2D eigenvalue weighted by Crippen LogP contribution is -2.39. The number of anilines is 1. The maximum absolute atomic E-state index is 12.3. The third-order valence-electron chi connectivity index (χ3n) is 3.89. The summed E-state index contributed by atoms with van der Waals surface area (Å²) in [5.41, 5.74) is 9.21. The fourth-order valence-electron chi connectivity index (χ4n) is 2.56. The largest absolute Gasteiger partial charge is 0.325 e. The zero-order valence-electron chi connectivity index (χ0n) is 12.5. The first kappa shape index (κ1) is 14.7. The smallest absolute Gasteiger partial charge is 0.242 e. The van der Waals surface area contributed by atoms with Crippen LogP contribution in [0.1, 0.15) is 30.6 Å². The summed E-state index contributed by atoms with van der Waals surface area (Å²) >= 11 is 0. The number of carbonyl (C=O) groups is 1. The van der Waals surface area contributed by atoms with Crippen LogP contribution in [0.5, 0.6) is 0 Å². The molecule has 2 unspecified atom stereocenters. The minimum absolute atomic E-state index is 0.0322. The summed E-state index contributed by atoms with van der Waals surface area (Å²) < 4.78 is 0.